The molecule has 2 saturated carbocycles. The van der Waals surface area contributed by atoms with Crippen molar-refractivity contribution in [2.45, 2.75) is 77.5 Å². The average molecular weight is 501 g/mol. The fourth-order valence-corrected chi connectivity index (χ4v) is 7.43. The van der Waals surface area contributed by atoms with Crippen molar-refractivity contribution in [3.63, 3.8) is 0 Å². The molecule has 7 heteroatoms. The van der Waals surface area contributed by atoms with E-state index in [1.807, 2.05) is 11.8 Å². The Bertz CT molecular complexity index is 921. The third kappa shape index (κ3) is 5.14. The van der Waals surface area contributed by atoms with Gasteiger partial charge in [-0.2, -0.15) is 0 Å². The summed E-state index contributed by atoms with van der Waals surface area (Å²) in [5.41, 5.74) is 0.625. The summed E-state index contributed by atoms with van der Waals surface area (Å²) in [5.74, 6) is 0.614. The molecule has 1 aliphatic heterocycles. The highest BCUT2D eigenvalue weighted by molar-refractivity contribution is 5.94. The zero-order valence-corrected chi connectivity index (χ0v) is 22.5. The lowest BCUT2D eigenvalue weighted by Crippen LogP contribution is -2.58. The molecule has 4 rings (SSSR count). The Hall–Kier alpha value is -2.12. The maximum absolute atomic E-state index is 13.5. The highest BCUT2D eigenvalue weighted by atomic mass is 16.5. The van der Waals surface area contributed by atoms with Crippen molar-refractivity contribution < 1.29 is 24.2 Å². The summed E-state index contributed by atoms with van der Waals surface area (Å²) >= 11 is 0. The first kappa shape index (κ1) is 26.9. The van der Waals surface area contributed by atoms with E-state index in [0.717, 1.165) is 50.8 Å². The zero-order valence-electron chi connectivity index (χ0n) is 22.5. The van der Waals surface area contributed by atoms with E-state index in [2.05, 4.69) is 19.2 Å². The lowest BCUT2D eigenvalue weighted by atomic mass is 9.51. The van der Waals surface area contributed by atoms with Gasteiger partial charge in [-0.05, 0) is 86.0 Å². The summed E-state index contributed by atoms with van der Waals surface area (Å²) in [6.07, 6.45) is 5.14. The fraction of sp³-hybridized carbons (Fsp3) is 0.724. The van der Waals surface area contributed by atoms with Gasteiger partial charge in [-0.3, -0.25) is 9.59 Å². The predicted octanol–water partition coefficient (Wildman–Crippen LogP) is 3.89. The van der Waals surface area contributed by atoms with Crippen LogP contribution in [0.1, 0.15) is 69.7 Å². The Balaban J connectivity index is 1.45. The number of carbonyl (C=O) groups excluding carboxylic acids is 2. The van der Waals surface area contributed by atoms with Crippen molar-refractivity contribution in [1.82, 2.24) is 10.2 Å². The SMILES string of the molecule is COCC1CCCN1C(=O)C(C)C1CCC2(C)CCC(NC(=O)c3ccc(OC)cc3)C(C)C2C1O. The van der Waals surface area contributed by atoms with Gasteiger partial charge in [-0.1, -0.05) is 20.8 Å². The number of aliphatic hydroxyl groups excluding tert-OH is 1. The first-order valence-corrected chi connectivity index (χ1v) is 13.6. The first-order chi connectivity index (χ1) is 17.2. The third-order valence-electron chi connectivity index (χ3n) is 9.61. The van der Waals surface area contributed by atoms with Gasteiger partial charge in [-0.15, -0.1) is 0 Å². The largest absolute Gasteiger partial charge is 0.497 e. The number of hydrogen-bond acceptors (Lipinski definition) is 5. The average Bonchev–Trinajstić information content (AvgIpc) is 3.33. The Kier molecular flexibility index (Phi) is 8.30. The number of likely N-dealkylation sites (tertiary alicyclic amines) is 1. The minimum absolute atomic E-state index is 0.0123. The molecule has 1 heterocycles. The second kappa shape index (κ2) is 11.1. The van der Waals surface area contributed by atoms with Crippen LogP contribution in [0.4, 0.5) is 0 Å². The fourth-order valence-electron chi connectivity index (χ4n) is 7.43. The van der Waals surface area contributed by atoms with Crippen molar-refractivity contribution >= 4 is 11.8 Å². The second-order valence-corrected chi connectivity index (χ2v) is 11.7. The van der Waals surface area contributed by atoms with E-state index in [-0.39, 0.29) is 53.0 Å². The minimum atomic E-state index is -0.568. The quantitative estimate of drug-likeness (QED) is 0.593. The normalized spacial score (nSPS) is 35.1. The Morgan fingerprint density at radius 1 is 1.17 bits per heavy atom. The molecule has 0 spiro atoms. The molecule has 3 fully saturated rings. The van der Waals surface area contributed by atoms with Crippen LogP contribution in [0, 0.1) is 29.1 Å². The van der Waals surface area contributed by atoms with E-state index in [0.29, 0.717) is 12.2 Å². The van der Waals surface area contributed by atoms with Crippen molar-refractivity contribution in [2.75, 3.05) is 27.4 Å². The van der Waals surface area contributed by atoms with Crippen LogP contribution in [0.15, 0.2) is 24.3 Å². The van der Waals surface area contributed by atoms with Gasteiger partial charge in [-0.25, -0.2) is 0 Å². The molecule has 1 saturated heterocycles. The molecule has 8 atom stereocenters. The highest BCUT2D eigenvalue weighted by Crippen LogP contribution is 2.55. The summed E-state index contributed by atoms with van der Waals surface area (Å²) in [6.45, 7) is 7.79. The van der Waals surface area contributed by atoms with Gasteiger partial charge in [0, 0.05) is 31.2 Å². The number of benzene rings is 1. The number of ether oxygens (including phenoxy) is 2. The molecule has 2 amide bonds. The van der Waals surface area contributed by atoms with Crippen LogP contribution >= 0.6 is 0 Å². The molecule has 8 unspecified atom stereocenters. The lowest BCUT2D eigenvalue weighted by molar-refractivity contribution is -0.151. The van der Waals surface area contributed by atoms with Gasteiger partial charge in [0.25, 0.3) is 5.91 Å². The molecule has 1 aromatic carbocycles. The molecule has 0 radical (unpaired) electrons. The molecule has 200 valence electrons. The molecule has 1 aromatic rings. The molecular weight excluding hydrogens is 456 g/mol. The van der Waals surface area contributed by atoms with Crippen LogP contribution < -0.4 is 10.1 Å². The van der Waals surface area contributed by atoms with Gasteiger partial charge in [0.1, 0.15) is 5.75 Å². The summed E-state index contributed by atoms with van der Waals surface area (Å²) in [7, 11) is 3.29. The van der Waals surface area contributed by atoms with Crippen LogP contribution in [-0.4, -0.2) is 67.4 Å². The monoisotopic (exact) mass is 500 g/mol. The number of rotatable bonds is 7. The number of hydrogen-bond donors (Lipinski definition) is 2. The van der Waals surface area contributed by atoms with E-state index in [1.54, 1.807) is 38.5 Å². The van der Waals surface area contributed by atoms with Gasteiger partial charge >= 0.3 is 0 Å². The molecule has 2 N–H and O–H groups in total. The number of carbonyl (C=O) groups is 2. The number of nitrogens with one attached hydrogen (secondary N) is 1. The molecule has 3 aliphatic rings. The van der Waals surface area contributed by atoms with Crippen LogP contribution in [0.5, 0.6) is 5.75 Å². The molecule has 36 heavy (non-hydrogen) atoms. The summed E-state index contributed by atoms with van der Waals surface area (Å²) in [6, 6.07) is 7.27. The van der Waals surface area contributed by atoms with Crippen molar-refractivity contribution in [3.8, 4) is 5.75 Å². The van der Waals surface area contributed by atoms with Crippen LogP contribution in [0.25, 0.3) is 0 Å². The van der Waals surface area contributed by atoms with Gasteiger partial charge < -0.3 is 24.8 Å². The van der Waals surface area contributed by atoms with Gasteiger partial charge in [0.05, 0.1) is 25.9 Å². The molecule has 7 nitrogen and oxygen atoms in total. The third-order valence-corrected chi connectivity index (χ3v) is 9.61. The standard InChI is InChI=1S/C29H44N2O5/c1-18(28(34)31-16-6-7-21(31)17-35-4)23-12-14-29(3)15-13-24(19(2)25(29)26(23)32)30-27(33)20-8-10-22(36-5)11-9-20/h8-11,18-19,21,23-26,32H,6-7,12-17H2,1-5H3,(H,30,33). The second-order valence-electron chi connectivity index (χ2n) is 11.7. The van der Waals surface area contributed by atoms with Gasteiger partial charge in [0.2, 0.25) is 5.91 Å². The predicted molar refractivity (Wildman–Crippen MR) is 139 cm³/mol. The summed E-state index contributed by atoms with van der Waals surface area (Å²) < 4.78 is 10.6. The van der Waals surface area contributed by atoms with E-state index in [9.17, 15) is 14.7 Å². The highest BCUT2D eigenvalue weighted by Gasteiger charge is 2.54. The van der Waals surface area contributed by atoms with Crippen molar-refractivity contribution in [1.29, 1.82) is 0 Å². The minimum Gasteiger partial charge on any atom is -0.497 e. The maximum atomic E-state index is 13.5. The number of methoxy groups -OCH3 is 2. The summed E-state index contributed by atoms with van der Waals surface area (Å²) in [4.78, 5) is 28.5. The van der Waals surface area contributed by atoms with Crippen LogP contribution in [0.2, 0.25) is 0 Å². The molecular formula is C29H44N2O5. The molecule has 0 aromatic heterocycles. The summed E-state index contributed by atoms with van der Waals surface area (Å²) in [5, 5.41) is 15.0. The Morgan fingerprint density at radius 3 is 2.53 bits per heavy atom. The van der Waals surface area contributed by atoms with Crippen LogP contribution in [0.3, 0.4) is 0 Å². The topological polar surface area (TPSA) is 88.1 Å². The van der Waals surface area contributed by atoms with E-state index < -0.39 is 6.10 Å². The van der Waals surface area contributed by atoms with E-state index in [1.165, 1.54) is 0 Å². The first-order valence-electron chi connectivity index (χ1n) is 13.6. The number of aliphatic hydroxyl groups is 1. The number of fused-ring (bicyclic) bond motifs is 1. The molecule has 2 aliphatic carbocycles. The molecule has 0 bridgehead atoms. The zero-order chi connectivity index (χ0) is 26.0. The maximum Gasteiger partial charge on any atom is 0.251 e. The van der Waals surface area contributed by atoms with E-state index >= 15 is 0 Å². The number of amides is 2. The Morgan fingerprint density at radius 2 is 1.86 bits per heavy atom. The van der Waals surface area contributed by atoms with Crippen molar-refractivity contribution in [2.24, 2.45) is 29.1 Å². The van der Waals surface area contributed by atoms with Gasteiger partial charge in [0.15, 0.2) is 0 Å². The van der Waals surface area contributed by atoms with Crippen molar-refractivity contribution in [3.05, 3.63) is 29.8 Å². The van der Waals surface area contributed by atoms with E-state index in [4.69, 9.17) is 9.47 Å². The Labute approximate surface area is 215 Å². The number of nitrogens with zero attached hydrogens (tertiary/aromatic N) is 1. The van der Waals surface area contributed by atoms with Crippen LogP contribution in [-0.2, 0) is 9.53 Å². The lowest BCUT2D eigenvalue weighted by Gasteiger charge is -2.56. The smallest absolute Gasteiger partial charge is 0.251 e.